The number of hydrogen-bond donors (Lipinski definition) is 1. The smallest absolute Gasteiger partial charge is 0.125 e. The fourth-order valence-corrected chi connectivity index (χ4v) is 2.21. The summed E-state index contributed by atoms with van der Waals surface area (Å²) in [5, 5.41) is 4.36. The molecule has 1 aromatic heterocycles. The zero-order chi connectivity index (χ0) is 13.8. The Morgan fingerprint density at radius 2 is 2.11 bits per heavy atom. The van der Waals surface area contributed by atoms with Crippen molar-refractivity contribution in [3.8, 4) is 0 Å². The average Bonchev–Trinajstić information content (AvgIpc) is 2.35. The number of ether oxygens (including phenoxy) is 1. The summed E-state index contributed by atoms with van der Waals surface area (Å²) >= 11 is 0. The van der Waals surface area contributed by atoms with Crippen molar-refractivity contribution in [2.45, 2.75) is 26.9 Å². The number of aryl methyl sites for hydroxylation is 1. The summed E-state index contributed by atoms with van der Waals surface area (Å²) in [5.74, 6) is -0.256. The highest BCUT2D eigenvalue weighted by molar-refractivity contribution is 5.94. The second-order valence-corrected chi connectivity index (χ2v) is 4.64. The van der Waals surface area contributed by atoms with Crippen molar-refractivity contribution in [2.24, 2.45) is 0 Å². The van der Waals surface area contributed by atoms with Crippen molar-refractivity contribution in [1.29, 1.82) is 0 Å². The van der Waals surface area contributed by atoms with Gasteiger partial charge in [0.15, 0.2) is 0 Å². The highest BCUT2D eigenvalue weighted by Crippen LogP contribution is 2.28. The maximum atomic E-state index is 13.5. The van der Waals surface area contributed by atoms with Crippen LogP contribution in [0.25, 0.3) is 10.9 Å². The first-order valence-corrected chi connectivity index (χ1v) is 6.48. The maximum absolute atomic E-state index is 13.5. The minimum absolute atomic E-state index is 0.256. The van der Waals surface area contributed by atoms with Gasteiger partial charge in [0.2, 0.25) is 0 Å². The van der Waals surface area contributed by atoms with Crippen LogP contribution >= 0.6 is 0 Å². The van der Waals surface area contributed by atoms with Gasteiger partial charge in [-0.3, -0.25) is 4.98 Å². The number of fused-ring (bicyclic) bond motifs is 1. The van der Waals surface area contributed by atoms with Gasteiger partial charge >= 0.3 is 0 Å². The molecular formula is C15H19FN2O. The molecule has 0 saturated heterocycles. The van der Waals surface area contributed by atoms with Gasteiger partial charge < -0.3 is 10.1 Å². The van der Waals surface area contributed by atoms with E-state index < -0.39 is 0 Å². The summed E-state index contributed by atoms with van der Waals surface area (Å²) in [5.41, 5.74) is 3.37. The van der Waals surface area contributed by atoms with Crippen molar-refractivity contribution in [3.63, 3.8) is 0 Å². The van der Waals surface area contributed by atoms with Crippen molar-refractivity contribution >= 4 is 16.6 Å². The zero-order valence-electron chi connectivity index (χ0n) is 11.6. The number of halogens is 1. The van der Waals surface area contributed by atoms with E-state index in [-0.39, 0.29) is 5.82 Å². The molecule has 0 saturated carbocycles. The lowest BCUT2D eigenvalue weighted by Crippen LogP contribution is -2.04. The highest BCUT2D eigenvalue weighted by atomic mass is 19.1. The van der Waals surface area contributed by atoms with Crippen LogP contribution in [0.1, 0.15) is 24.6 Å². The molecule has 3 nitrogen and oxygen atoms in total. The molecule has 1 heterocycles. The Morgan fingerprint density at radius 3 is 2.79 bits per heavy atom. The number of nitrogens with zero attached hydrogens (tertiary/aromatic N) is 1. The van der Waals surface area contributed by atoms with Crippen LogP contribution in [-0.2, 0) is 11.3 Å². The lowest BCUT2D eigenvalue weighted by atomic mass is 10.1. The first-order chi connectivity index (χ1) is 9.15. The van der Waals surface area contributed by atoms with E-state index in [2.05, 4.69) is 17.2 Å². The Labute approximate surface area is 112 Å². The van der Waals surface area contributed by atoms with Gasteiger partial charge in [-0.15, -0.1) is 0 Å². The van der Waals surface area contributed by atoms with E-state index in [1.807, 2.05) is 13.0 Å². The molecule has 2 aromatic rings. The van der Waals surface area contributed by atoms with E-state index in [0.29, 0.717) is 12.1 Å². The third kappa shape index (κ3) is 3.01. The topological polar surface area (TPSA) is 34.1 Å². The minimum Gasteiger partial charge on any atom is -0.384 e. The van der Waals surface area contributed by atoms with Crippen LogP contribution in [0, 0.1) is 12.7 Å². The molecule has 102 valence electrons. The molecule has 0 aliphatic rings. The molecule has 0 spiro atoms. The predicted molar refractivity (Wildman–Crippen MR) is 75.9 cm³/mol. The normalized spacial score (nSPS) is 10.9. The van der Waals surface area contributed by atoms with Crippen LogP contribution in [-0.4, -0.2) is 18.6 Å². The molecule has 0 amide bonds. The van der Waals surface area contributed by atoms with E-state index in [1.54, 1.807) is 7.11 Å². The Bertz CT molecular complexity index is 584. The first-order valence-electron chi connectivity index (χ1n) is 6.48. The monoisotopic (exact) mass is 262 g/mol. The fourth-order valence-electron chi connectivity index (χ4n) is 2.21. The van der Waals surface area contributed by atoms with Gasteiger partial charge in [0.25, 0.3) is 0 Å². The molecule has 2 rings (SSSR count). The van der Waals surface area contributed by atoms with Crippen molar-refractivity contribution in [1.82, 2.24) is 4.98 Å². The summed E-state index contributed by atoms with van der Waals surface area (Å²) < 4.78 is 18.6. The second kappa shape index (κ2) is 5.97. The quantitative estimate of drug-likeness (QED) is 0.893. The number of aromatic nitrogens is 1. The average molecular weight is 262 g/mol. The number of pyridine rings is 1. The Morgan fingerprint density at radius 1 is 1.32 bits per heavy atom. The SMILES string of the molecule is CCCNc1cc(COC)nc2cc(F)cc(C)c12. The summed E-state index contributed by atoms with van der Waals surface area (Å²) in [7, 11) is 1.63. The van der Waals surface area contributed by atoms with Gasteiger partial charge in [-0.2, -0.15) is 0 Å². The Kier molecular flexibility index (Phi) is 4.32. The zero-order valence-corrected chi connectivity index (χ0v) is 11.6. The van der Waals surface area contributed by atoms with Gasteiger partial charge in [-0.25, -0.2) is 4.39 Å². The molecule has 0 aliphatic heterocycles. The largest absolute Gasteiger partial charge is 0.384 e. The Hall–Kier alpha value is -1.68. The number of anilines is 1. The van der Waals surface area contributed by atoms with Crippen molar-refractivity contribution in [2.75, 3.05) is 19.0 Å². The fraction of sp³-hybridized carbons (Fsp3) is 0.400. The van der Waals surface area contributed by atoms with Crippen LogP contribution in [0.3, 0.4) is 0 Å². The molecule has 1 aromatic carbocycles. The first kappa shape index (κ1) is 13.7. The van der Waals surface area contributed by atoms with E-state index in [4.69, 9.17) is 4.74 Å². The van der Waals surface area contributed by atoms with Gasteiger partial charge in [0.05, 0.1) is 17.8 Å². The summed E-state index contributed by atoms with van der Waals surface area (Å²) in [6, 6.07) is 4.99. The van der Waals surface area contributed by atoms with Gasteiger partial charge in [-0.05, 0) is 31.0 Å². The maximum Gasteiger partial charge on any atom is 0.125 e. The number of nitrogens with one attached hydrogen (secondary N) is 1. The van der Waals surface area contributed by atoms with Crippen LogP contribution in [0.4, 0.5) is 10.1 Å². The third-order valence-electron chi connectivity index (χ3n) is 2.98. The number of rotatable bonds is 5. The van der Waals surface area contributed by atoms with Gasteiger partial charge in [-0.1, -0.05) is 6.92 Å². The molecule has 1 N–H and O–H groups in total. The molecular weight excluding hydrogens is 243 g/mol. The predicted octanol–water partition coefficient (Wildman–Crippen LogP) is 3.65. The number of methoxy groups -OCH3 is 1. The van der Waals surface area contributed by atoms with Crippen LogP contribution < -0.4 is 5.32 Å². The second-order valence-electron chi connectivity index (χ2n) is 4.64. The summed E-state index contributed by atoms with van der Waals surface area (Å²) in [6.45, 7) is 5.31. The summed E-state index contributed by atoms with van der Waals surface area (Å²) in [6.07, 6.45) is 1.03. The van der Waals surface area contributed by atoms with E-state index in [1.165, 1.54) is 12.1 Å². The molecule has 0 atom stereocenters. The standard InChI is InChI=1S/C15H19FN2O/c1-4-5-17-13-8-12(9-19-3)18-14-7-11(16)6-10(2)15(13)14/h6-8H,4-5,9H2,1-3H3,(H,17,18). The Balaban J connectivity index is 2.60. The molecule has 0 aliphatic carbocycles. The van der Waals surface area contributed by atoms with Crippen LogP contribution in [0.15, 0.2) is 18.2 Å². The third-order valence-corrected chi connectivity index (χ3v) is 2.98. The van der Waals surface area contributed by atoms with Gasteiger partial charge in [0, 0.05) is 30.8 Å². The molecule has 4 heteroatoms. The van der Waals surface area contributed by atoms with E-state index >= 15 is 0 Å². The molecule has 19 heavy (non-hydrogen) atoms. The molecule has 0 radical (unpaired) electrons. The molecule has 0 unspecified atom stereocenters. The van der Waals surface area contributed by atoms with E-state index in [9.17, 15) is 4.39 Å². The number of benzene rings is 1. The molecule has 0 fully saturated rings. The minimum atomic E-state index is -0.256. The van der Waals surface area contributed by atoms with E-state index in [0.717, 1.165) is 35.3 Å². The van der Waals surface area contributed by atoms with Crippen molar-refractivity contribution in [3.05, 3.63) is 35.3 Å². The van der Waals surface area contributed by atoms with Crippen molar-refractivity contribution < 1.29 is 9.13 Å². The molecule has 0 bridgehead atoms. The van der Waals surface area contributed by atoms with Crippen LogP contribution in [0.2, 0.25) is 0 Å². The lowest BCUT2D eigenvalue weighted by Gasteiger charge is -2.13. The number of hydrogen-bond acceptors (Lipinski definition) is 3. The van der Waals surface area contributed by atoms with Crippen LogP contribution in [0.5, 0.6) is 0 Å². The summed E-state index contributed by atoms with van der Waals surface area (Å²) in [4.78, 5) is 4.45. The lowest BCUT2D eigenvalue weighted by molar-refractivity contribution is 0.182. The van der Waals surface area contributed by atoms with Gasteiger partial charge in [0.1, 0.15) is 5.82 Å². The highest BCUT2D eigenvalue weighted by Gasteiger charge is 2.09.